The molecule has 0 saturated carbocycles. The first kappa shape index (κ1) is 22.6. The summed E-state index contributed by atoms with van der Waals surface area (Å²) in [6, 6.07) is 16.2. The van der Waals surface area contributed by atoms with E-state index >= 15 is 0 Å². The van der Waals surface area contributed by atoms with Crippen molar-refractivity contribution in [1.82, 2.24) is 4.98 Å². The second kappa shape index (κ2) is 9.91. The third-order valence-electron chi connectivity index (χ3n) is 5.46. The highest BCUT2D eigenvalue weighted by atomic mass is 32.2. The molecule has 8 nitrogen and oxygen atoms in total. The minimum atomic E-state index is -3.84. The minimum Gasteiger partial charge on any atom is -0.495 e. The van der Waals surface area contributed by atoms with Crippen molar-refractivity contribution in [2.75, 3.05) is 35.1 Å². The van der Waals surface area contributed by atoms with Crippen molar-refractivity contribution in [3.8, 4) is 5.75 Å². The Hall–Kier alpha value is -3.59. The number of ether oxygens (including phenoxy) is 1. The van der Waals surface area contributed by atoms with E-state index in [1.54, 1.807) is 30.5 Å². The molecule has 2 N–H and O–H groups in total. The Balaban J connectivity index is 1.41. The van der Waals surface area contributed by atoms with Gasteiger partial charge in [0, 0.05) is 18.7 Å². The van der Waals surface area contributed by atoms with E-state index in [0.717, 1.165) is 18.9 Å². The van der Waals surface area contributed by atoms with Crippen LogP contribution in [0.1, 0.15) is 29.6 Å². The molecule has 1 fully saturated rings. The van der Waals surface area contributed by atoms with Crippen molar-refractivity contribution < 1.29 is 17.9 Å². The Kier molecular flexibility index (Phi) is 6.79. The van der Waals surface area contributed by atoms with Crippen LogP contribution >= 0.6 is 0 Å². The third kappa shape index (κ3) is 5.43. The molecule has 0 aliphatic carbocycles. The van der Waals surface area contributed by atoms with Crippen molar-refractivity contribution >= 4 is 33.1 Å². The smallest absolute Gasteiger partial charge is 0.262 e. The SMILES string of the molecule is COc1ccccc1NS(=O)(=O)c1ccc(C(=O)Nc2ccc(N3CCCCC3)nc2)cc1. The molecule has 0 atom stereocenters. The Morgan fingerprint density at radius 1 is 0.970 bits per heavy atom. The molecule has 1 aliphatic rings. The van der Waals surface area contributed by atoms with Gasteiger partial charge in [-0.15, -0.1) is 0 Å². The fourth-order valence-electron chi connectivity index (χ4n) is 3.69. The average Bonchev–Trinajstić information content (AvgIpc) is 2.85. The molecule has 2 heterocycles. The van der Waals surface area contributed by atoms with Crippen LogP contribution in [0.4, 0.5) is 17.2 Å². The Morgan fingerprint density at radius 3 is 2.36 bits per heavy atom. The molecule has 1 aliphatic heterocycles. The number of sulfonamides is 1. The van der Waals surface area contributed by atoms with Crippen molar-refractivity contribution in [2.24, 2.45) is 0 Å². The van der Waals surface area contributed by atoms with Crippen LogP contribution in [0.15, 0.2) is 71.8 Å². The molecule has 9 heteroatoms. The normalized spacial score (nSPS) is 13.9. The number of pyridine rings is 1. The van der Waals surface area contributed by atoms with Crippen LogP contribution in [0.3, 0.4) is 0 Å². The highest BCUT2D eigenvalue weighted by Gasteiger charge is 2.17. The molecule has 2 aromatic carbocycles. The molecule has 0 unspecified atom stereocenters. The summed E-state index contributed by atoms with van der Waals surface area (Å²) in [5.41, 5.74) is 1.25. The van der Waals surface area contributed by atoms with Crippen LogP contribution in [0.25, 0.3) is 0 Å². The lowest BCUT2D eigenvalue weighted by atomic mass is 10.1. The number of para-hydroxylation sites is 2. The van der Waals surface area contributed by atoms with Gasteiger partial charge in [0.1, 0.15) is 11.6 Å². The van der Waals surface area contributed by atoms with Crippen LogP contribution in [0.5, 0.6) is 5.75 Å². The summed E-state index contributed by atoms with van der Waals surface area (Å²) in [6.07, 6.45) is 5.22. The van der Waals surface area contributed by atoms with E-state index in [1.165, 1.54) is 50.6 Å². The number of methoxy groups -OCH3 is 1. The van der Waals surface area contributed by atoms with Gasteiger partial charge in [0.05, 0.1) is 29.6 Å². The first-order chi connectivity index (χ1) is 16.0. The quantitative estimate of drug-likeness (QED) is 0.543. The molecule has 3 aromatic rings. The monoisotopic (exact) mass is 466 g/mol. The van der Waals surface area contributed by atoms with E-state index in [9.17, 15) is 13.2 Å². The number of rotatable bonds is 7. The molecule has 1 aromatic heterocycles. The van der Waals surface area contributed by atoms with Crippen LogP contribution in [-0.4, -0.2) is 39.5 Å². The van der Waals surface area contributed by atoms with E-state index < -0.39 is 10.0 Å². The Morgan fingerprint density at radius 2 is 1.70 bits per heavy atom. The number of hydrogen-bond donors (Lipinski definition) is 2. The number of anilines is 3. The fraction of sp³-hybridized carbons (Fsp3) is 0.250. The molecule has 172 valence electrons. The molecule has 0 bridgehead atoms. The number of hydrogen-bond acceptors (Lipinski definition) is 6. The van der Waals surface area contributed by atoms with E-state index in [2.05, 4.69) is 19.9 Å². The van der Waals surface area contributed by atoms with Crippen LogP contribution in [0, 0.1) is 0 Å². The van der Waals surface area contributed by atoms with Gasteiger partial charge in [-0.25, -0.2) is 13.4 Å². The van der Waals surface area contributed by atoms with Gasteiger partial charge < -0.3 is 15.0 Å². The zero-order valence-corrected chi connectivity index (χ0v) is 19.1. The highest BCUT2D eigenvalue weighted by molar-refractivity contribution is 7.92. The van der Waals surface area contributed by atoms with Crippen LogP contribution < -0.4 is 19.7 Å². The van der Waals surface area contributed by atoms with E-state index in [4.69, 9.17) is 4.74 Å². The summed E-state index contributed by atoms with van der Waals surface area (Å²) in [5, 5.41) is 2.80. The number of aromatic nitrogens is 1. The number of carbonyl (C=O) groups is 1. The number of carbonyl (C=O) groups excluding carboxylic acids is 1. The molecule has 33 heavy (non-hydrogen) atoms. The summed E-state index contributed by atoms with van der Waals surface area (Å²) in [6.45, 7) is 2.00. The van der Waals surface area contributed by atoms with Crippen molar-refractivity contribution in [1.29, 1.82) is 0 Å². The largest absolute Gasteiger partial charge is 0.495 e. The topological polar surface area (TPSA) is 101 Å². The lowest BCUT2D eigenvalue weighted by molar-refractivity contribution is 0.102. The fourth-order valence-corrected chi connectivity index (χ4v) is 4.76. The second-order valence-corrected chi connectivity index (χ2v) is 9.42. The molecule has 1 amide bonds. The number of benzene rings is 2. The maximum Gasteiger partial charge on any atom is 0.262 e. The van der Waals surface area contributed by atoms with E-state index in [1.807, 2.05) is 12.1 Å². The first-order valence-corrected chi connectivity index (χ1v) is 12.2. The minimum absolute atomic E-state index is 0.0394. The zero-order chi connectivity index (χ0) is 23.3. The van der Waals surface area contributed by atoms with Crippen molar-refractivity contribution in [2.45, 2.75) is 24.2 Å². The van der Waals surface area contributed by atoms with Gasteiger partial charge in [-0.2, -0.15) is 0 Å². The molecular weight excluding hydrogens is 440 g/mol. The molecule has 4 rings (SSSR count). The van der Waals surface area contributed by atoms with E-state index in [-0.39, 0.29) is 10.8 Å². The number of nitrogens with zero attached hydrogens (tertiary/aromatic N) is 2. The number of amides is 1. The standard InChI is InChI=1S/C24H26N4O4S/c1-32-22-8-4-3-7-21(22)27-33(30,31)20-12-9-18(10-13-20)24(29)26-19-11-14-23(25-17-19)28-15-5-2-6-16-28/h3-4,7-14,17,27H,2,5-6,15-16H2,1H3,(H,26,29). The number of nitrogens with one attached hydrogen (secondary N) is 2. The van der Waals surface area contributed by atoms with Gasteiger partial charge in [0.2, 0.25) is 0 Å². The Bertz CT molecular complexity index is 1210. The van der Waals surface area contributed by atoms with Gasteiger partial charge in [-0.05, 0) is 67.8 Å². The lowest BCUT2D eigenvalue weighted by Gasteiger charge is -2.27. The van der Waals surface area contributed by atoms with Gasteiger partial charge >= 0.3 is 0 Å². The average molecular weight is 467 g/mol. The Labute approximate surface area is 193 Å². The van der Waals surface area contributed by atoms with Crippen LogP contribution in [0.2, 0.25) is 0 Å². The summed E-state index contributed by atoms with van der Waals surface area (Å²) in [7, 11) is -2.37. The molecule has 0 radical (unpaired) electrons. The van der Waals surface area contributed by atoms with Crippen molar-refractivity contribution in [3.05, 3.63) is 72.4 Å². The summed E-state index contributed by atoms with van der Waals surface area (Å²) in [5.74, 6) is 0.978. The maximum absolute atomic E-state index is 12.7. The van der Waals surface area contributed by atoms with E-state index in [0.29, 0.717) is 22.7 Å². The second-order valence-electron chi connectivity index (χ2n) is 7.74. The zero-order valence-electron chi connectivity index (χ0n) is 18.3. The van der Waals surface area contributed by atoms with Gasteiger partial charge in [-0.1, -0.05) is 12.1 Å². The summed E-state index contributed by atoms with van der Waals surface area (Å²) in [4.78, 5) is 19.4. The molecule has 0 spiro atoms. The van der Waals surface area contributed by atoms with Gasteiger partial charge in [0.25, 0.3) is 15.9 Å². The van der Waals surface area contributed by atoms with Crippen molar-refractivity contribution in [3.63, 3.8) is 0 Å². The highest BCUT2D eigenvalue weighted by Crippen LogP contribution is 2.26. The summed E-state index contributed by atoms with van der Waals surface area (Å²) < 4.78 is 33.1. The lowest BCUT2D eigenvalue weighted by Crippen LogP contribution is -2.30. The molecule has 1 saturated heterocycles. The van der Waals surface area contributed by atoms with Gasteiger partial charge in [-0.3, -0.25) is 9.52 Å². The van der Waals surface area contributed by atoms with Crippen LogP contribution in [-0.2, 0) is 10.0 Å². The maximum atomic E-state index is 12.7. The predicted molar refractivity (Wildman–Crippen MR) is 128 cm³/mol. The number of piperidine rings is 1. The third-order valence-corrected chi connectivity index (χ3v) is 6.85. The molecular formula is C24H26N4O4S. The van der Waals surface area contributed by atoms with Gasteiger partial charge in [0.15, 0.2) is 0 Å². The summed E-state index contributed by atoms with van der Waals surface area (Å²) >= 11 is 0. The predicted octanol–water partition coefficient (Wildman–Crippen LogP) is 4.13. The first-order valence-electron chi connectivity index (χ1n) is 10.7.